The van der Waals surface area contributed by atoms with E-state index in [1.807, 2.05) is 21.1 Å². The Morgan fingerprint density at radius 3 is 2.03 bits per heavy atom. The Kier molecular flexibility index (Phi) is 22.3. The van der Waals surface area contributed by atoms with Gasteiger partial charge in [0.25, 0.3) is 0 Å². The van der Waals surface area contributed by atoms with Gasteiger partial charge in [-0.1, -0.05) is 69.8 Å². The third kappa shape index (κ3) is 27.8. The first-order valence-corrected chi connectivity index (χ1v) is 15.5. The van der Waals surface area contributed by atoms with Crippen molar-refractivity contribution in [2.75, 3.05) is 54.1 Å². The van der Waals surface area contributed by atoms with Crippen molar-refractivity contribution in [3.63, 3.8) is 0 Å². The van der Waals surface area contributed by atoms with Crippen LogP contribution in [0, 0.1) is 0 Å². The summed E-state index contributed by atoms with van der Waals surface area (Å²) in [7, 11) is 1.64. The van der Waals surface area contributed by atoms with Crippen molar-refractivity contribution in [2.45, 2.75) is 97.0 Å². The highest BCUT2D eigenvalue weighted by Crippen LogP contribution is 2.43. The first kappa shape index (κ1) is 36.0. The number of quaternary nitrogens is 1. The average molecular weight is 549 g/mol. The van der Waals surface area contributed by atoms with E-state index in [9.17, 15) is 14.3 Å². The molecule has 2 atom stereocenters. The van der Waals surface area contributed by atoms with Gasteiger partial charge < -0.3 is 18.9 Å². The molecule has 0 bridgehead atoms. The summed E-state index contributed by atoms with van der Waals surface area (Å²) in [5, 5.41) is 0. The summed E-state index contributed by atoms with van der Waals surface area (Å²) in [6.07, 6.45) is 22.5. The van der Waals surface area contributed by atoms with Gasteiger partial charge in [-0.2, -0.15) is 0 Å². The van der Waals surface area contributed by atoms with Gasteiger partial charge in [0.15, 0.2) is 0 Å². The minimum atomic E-state index is -4.22. The minimum Gasteiger partial charge on any atom is -0.458 e. The summed E-state index contributed by atoms with van der Waals surface area (Å²) in [5.41, 5.74) is 0. The summed E-state index contributed by atoms with van der Waals surface area (Å²) in [6, 6.07) is 0. The lowest BCUT2D eigenvalue weighted by Gasteiger charge is -2.24. The van der Waals surface area contributed by atoms with Gasteiger partial charge >= 0.3 is 13.8 Å². The van der Waals surface area contributed by atoms with Gasteiger partial charge in [-0.05, 0) is 38.5 Å². The molecule has 0 radical (unpaired) electrons. The highest BCUT2D eigenvalue weighted by atomic mass is 31.2. The molecule has 0 amide bonds. The lowest BCUT2D eigenvalue weighted by atomic mass is 10.1. The molecule has 0 aliphatic heterocycles. The number of unbranched alkanes of at least 4 members (excludes halogenated alkanes) is 9. The Bertz CT molecular complexity index is 661. The minimum absolute atomic E-state index is 0.0829. The zero-order valence-corrected chi connectivity index (χ0v) is 25.1. The number of hydrogen-bond donors (Lipinski definition) is 1. The quantitative estimate of drug-likeness (QED) is 0.0452. The topological polar surface area (TPSA) is 91.3 Å². The molecule has 0 spiro atoms. The summed E-state index contributed by atoms with van der Waals surface area (Å²) in [5.74, 6) is -0.496. The van der Waals surface area contributed by atoms with E-state index in [0.717, 1.165) is 25.7 Å². The van der Waals surface area contributed by atoms with Crippen LogP contribution in [-0.2, 0) is 27.9 Å². The van der Waals surface area contributed by atoms with Crippen LogP contribution in [0.15, 0.2) is 24.3 Å². The fourth-order valence-electron chi connectivity index (χ4n) is 3.40. The SMILES string of the molecule is CCCCC/C=C/C/C=C/CCCCCCCCOCC(COP(=O)(O)OCC[N+](C)(C)C)OC(C)=O. The van der Waals surface area contributed by atoms with Crippen molar-refractivity contribution in [1.82, 2.24) is 0 Å². The highest BCUT2D eigenvalue weighted by Gasteiger charge is 2.25. The number of allylic oxidation sites excluding steroid dienone is 4. The van der Waals surface area contributed by atoms with Crippen molar-refractivity contribution in [1.29, 1.82) is 0 Å². The number of hydrogen-bond acceptors (Lipinski definition) is 6. The van der Waals surface area contributed by atoms with Crippen LogP contribution in [-0.4, -0.2) is 75.6 Å². The van der Waals surface area contributed by atoms with Crippen LogP contribution < -0.4 is 0 Å². The van der Waals surface area contributed by atoms with Crippen LogP contribution in [0.3, 0.4) is 0 Å². The number of phosphoric acid groups is 1. The standard InChI is InChI=1S/C28H54NO7P/c1-6-7-8-9-10-11-12-13-14-15-16-17-18-19-20-21-23-33-25-28(36-27(2)30)26-35-37(31,32)34-24-22-29(3,4)5/h10-11,13-14,28H,6-9,12,15-26H2,1-5H3/p+1/b11-10+,14-13+. The van der Waals surface area contributed by atoms with Crippen molar-refractivity contribution in [2.24, 2.45) is 0 Å². The van der Waals surface area contributed by atoms with Gasteiger partial charge in [0.1, 0.15) is 19.3 Å². The van der Waals surface area contributed by atoms with E-state index in [-0.39, 0.29) is 19.8 Å². The number of ether oxygens (including phenoxy) is 2. The maximum atomic E-state index is 12.0. The Morgan fingerprint density at radius 1 is 0.838 bits per heavy atom. The van der Waals surface area contributed by atoms with Gasteiger partial charge in [0.05, 0.1) is 34.4 Å². The summed E-state index contributed by atoms with van der Waals surface area (Å²) >= 11 is 0. The number of carbonyl (C=O) groups is 1. The molecule has 0 fully saturated rings. The number of carbonyl (C=O) groups excluding carboxylic acids is 1. The molecule has 0 aromatic carbocycles. The predicted octanol–water partition coefficient (Wildman–Crippen LogP) is 6.59. The van der Waals surface area contributed by atoms with E-state index in [2.05, 4.69) is 31.2 Å². The van der Waals surface area contributed by atoms with E-state index < -0.39 is 19.9 Å². The van der Waals surface area contributed by atoms with Crippen molar-refractivity contribution >= 4 is 13.8 Å². The van der Waals surface area contributed by atoms with Crippen molar-refractivity contribution in [3.8, 4) is 0 Å². The van der Waals surface area contributed by atoms with Crippen LogP contribution in [0.4, 0.5) is 0 Å². The molecule has 0 aliphatic rings. The first-order valence-electron chi connectivity index (χ1n) is 14.0. The molecule has 0 aromatic rings. The highest BCUT2D eigenvalue weighted by molar-refractivity contribution is 7.47. The summed E-state index contributed by atoms with van der Waals surface area (Å²) in [6.45, 7) is 4.55. The fourth-order valence-corrected chi connectivity index (χ4v) is 4.14. The largest absolute Gasteiger partial charge is 0.472 e. The Hall–Kier alpha value is -1.02. The van der Waals surface area contributed by atoms with Crippen molar-refractivity contribution < 1.29 is 37.3 Å². The molecule has 0 aliphatic carbocycles. The summed E-state index contributed by atoms with van der Waals surface area (Å²) in [4.78, 5) is 21.2. The number of esters is 1. The van der Waals surface area contributed by atoms with E-state index in [0.29, 0.717) is 17.6 Å². The maximum Gasteiger partial charge on any atom is 0.472 e. The van der Waals surface area contributed by atoms with E-state index in [1.54, 1.807) is 0 Å². The second kappa shape index (κ2) is 22.9. The van der Waals surface area contributed by atoms with Gasteiger partial charge in [-0.15, -0.1) is 0 Å². The predicted molar refractivity (Wildman–Crippen MR) is 150 cm³/mol. The fraction of sp³-hybridized carbons (Fsp3) is 0.821. The number of nitrogens with zero attached hydrogens (tertiary/aromatic N) is 1. The lowest BCUT2D eigenvalue weighted by Crippen LogP contribution is -2.37. The molecule has 8 nitrogen and oxygen atoms in total. The van der Waals surface area contributed by atoms with Crippen LogP contribution in [0.25, 0.3) is 0 Å². The van der Waals surface area contributed by atoms with Crippen molar-refractivity contribution in [3.05, 3.63) is 24.3 Å². The van der Waals surface area contributed by atoms with Crippen LogP contribution >= 0.6 is 7.82 Å². The third-order valence-corrected chi connectivity index (χ3v) is 6.55. The molecule has 0 rings (SSSR count). The van der Waals surface area contributed by atoms with E-state index in [4.69, 9.17) is 18.5 Å². The molecule has 0 saturated carbocycles. The molecule has 218 valence electrons. The molecule has 9 heteroatoms. The Balaban J connectivity index is 3.82. The van der Waals surface area contributed by atoms with Crippen LogP contribution in [0.2, 0.25) is 0 Å². The Morgan fingerprint density at radius 2 is 1.43 bits per heavy atom. The molecule has 2 unspecified atom stereocenters. The maximum absolute atomic E-state index is 12.0. The normalized spacial score (nSPS) is 14.9. The zero-order chi connectivity index (χ0) is 27.8. The number of rotatable bonds is 25. The van der Waals surface area contributed by atoms with Gasteiger partial charge in [-0.25, -0.2) is 4.57 Å². The summed E-state index contributed by atoms with van der Waals surface area (Å²) < 4.78 is 33.4. The monoisotopic (exact) mass is 548 g/mol. The number of likely N-dealkylation sites (N-methyl/N-ethyl adjacent to an activating group) is 1. The van der Waals surface area contributed by atoms with Gasteiger partial charge in [0.2, 0.25) is 0 Å². The second-order valence-electron chi connectivity index (χ2n) is 10.5. The second-order valence-corrected chi connectivity index (χ2v) is 12.0. The molecular formula is C28H55NO7P+. The van der Waals surface area contributed by atoms with Gasteiger partial charge in [0, 0.05) is 13.5 Å². The Labute approximate surface area is 226 Å². The van der Waals surface area contributed by atoms with E-state index >= 15 is 0 Å². The van der Waals surface area contributed by atoms with E-state index in [1.165, 1.54) is 58.3 Å². The molecule has 1 N–H and O–H groups in total. The van der Waals surface area contributed by atoms with Gasteiger partial charge in [-0.3, -0.25) is 13.8 Å². The third-order valence-electron chi connectivity index (χ3n) is 5.57. The average Bonchev–Trinajstić information content (AvgIpc) is 2.80. The number of phosphoric ester groups is 1. The smallest absolute Gasteiger partial charge is 0.458 e. The zero-order valence-electron chi connectivity index (χ0n) is 24.2. The molecule has 0 aromatic heterocycles. The first-order chi connectivity index (χ1) is 17.6. The molecule has 0 saturated heterocycles. The van der Waals surface area contributed by atoms with Crippen LogP contribution in [0.1, 0.15) is 90.9 Å². The molecule has 37 heavy (non-hydrogen) atoms. The van der Waals surface area contributed by atoms with Crippen LogP contribution in [0.5, 0.6) is 0 Å². The molecular weight excluding hydrogens is 493 g/mol. The molecule has 0 heterocycles. The lowest BCUT2D eigenvalue weighted by molar-refractivity contribution is -0.870.